The molecule has 9 nitrogen and oxygen atoms in total. The standard InChI is InChI=1S/C23H27N3O6S2/c1-23(2,3)17-11-13-18(14-12-17)33(29,30)26-20(22(27)25-28)15-24-34(31,32)21-10-6-8-16-7-4-5-9-19(16)21/h4-14,20,24,26,28H,15H2,1-3H3,(H,25,27). The SMILES string of the molecule is CC(C)(C)c1ccc(S(=O)(=O)NC(CNS(=O)(=O)c2cccc3ccccc23)C(=O)NO)cc1. The van der Waals surface area contributed by atoms with Gasteiger partial charge in [-0.2, -0.15) is 4.72 Å². The van der Waals surface area contributed by atoms with Crippen LogP contribution in [-0.2, 0) is 30.3 Å². The predicted molar refractivity (Wildman–Crippen MR) is 128 cm³/mol. The molecule has 34 heavy (non-hydrogen) atoms. The molecule has 4 N–H and O–H groups in total. The predicted octanol–water partition coefficient (Wildman–Crippen LogP) is 2.27. The Bertz CT molecular complexity index is 1390. The van der Waals surface area contributed by atoms with Gasteiger partial charge in [0.15, 0.2) is 0 Å². The molecule has 1 atom stereocenters. The summed E-state index contributed by atoms with van der Waals surface area (Å²) in [5.41, 5.74) is 2.10. The van der Waals surface area contributed by atoms with Gasteiger partial charge in [0.25, 0.3) is 5.91 Å². The maximum absolute atomic E-state index is 12.9. The summed E-state index contributed by atoms with van der Waals surface area (Å²) in [5.74, 6) is -1.12. The van der Waals surface area contributed by atoms with E-state index >= 15 is 0 Å². The van der Waals surface area contributed by atoms with Gasteiger partial charge in [0.2, 0.25) is 20.0 Å². The molecule has 0 aliphatic rings. The number of benzene rings is 3. The van der Waals surface area contributed by atoms with Crippen molar-refractivity contribution in [2.75, 3.05) is 6.54 Å². The van der Waals surface area contributed by atoms with Crippen LogP contribution in [0.3, 0.4) is 0 Å². The third-order valence-electron chi connectivity index (χ3n) is 5.27. The number of sulfonamides is 2. The first-order valence-corrected chi connectivity index (χ1v) is 13.4. The lowest BCUT2D eigenvalue weighted by Crippen LogP contribution is -2.51. The highest BCUT2D eigenvalue weighted by molar-refractivity contribution is 7.90. The highest BCUT2D eigenvalue weighted by Crippen LogP contribution is 2.24. The van der Waals surface area contributed by atoms with Crippen LogP contribution in [0.1, 0.15) is 26.3 Å². The van der Waals surface area contributed by atoms with Crippen molar-refractivity contribution >= 4 is 36.7 Å². The van der Waals surface area contributed by atoms with Crippen LogP contribution in [0.4, 0.5) is 0 Å². The lowest BCUT2D eigenvalue weighted by Gasteiger charge is -2.20. The van der Waals surface area contributed by atoms with Gasteiger partial charge in [0, 0.05) is 11.9 Å². The minimum absolute atomic E-state index is 0.0191. The first-order valence-electron chi connectivity index (χ1n) is 10.4. The number of hydrogen-bond donors (Lipinski definition) is 4. The largest absolute Gasteiger partial charge is 0.289 e. The van der Waals surface area contributed by atoms with Gasteiger partial charge in [-0.3, -0.25) is 10.0 Å². The maximum Gasteiger partial charge on any atom is 0.262 e. The average molecular weight is 506 g/mol. The Morgan fingerprint density at radius 3 is 2.12 bits per heavy atom. The number of rotatable bonds is 8. The molecule has 0 aliphatic carbocycles. The van der Waals surface area contributed by atoms with Crippen LogP contribution in [-0.4, -0.2) is 40.5 Å². The number of carbonyl (C=O) groups excluding carboxylic acids is 1. The van der Waals surface area contributed by atoms with E-state index in [-0.39, 0.29) is 15.2 Å². The smallest absolute Gasteiger partial charge is 0.262 e. The van der Waals surface area contributed by atoms with Crippen LogP contribution in [0.25, 0.3) is 10.8 Å². The third kappa shape index (κ3) is 5.80. The molecule has 3 aromatic carbocycles. The highest BCUT2D eigenvalue weighted by atomic mass is 32.2. The monoisotopic (exact) mass is 505 g/mol. The topological polar surface area (TPSA) is 142 Å². The Morgan fingerprint density at radius 2 is 1.50 bits per heavy atom. The lowest BCUT2D eigenvalue weighted by molar-refractivity contribution is -0.130. The Morgan fingerprint density at radius 1 is 0.882 bits per heavy atom. The van der Waals surface area contributed by atoms with Crippen LogP contribution in [0, 0.1) is 0 Å². The van der Waals surface area contributed by atoms with Gasteiger partial charge in [0.05, 0.1) is 9.79 Å². The van der Waals surface area contributed by atoms with Crippen LogP contribution in [0.5, 0.6) is 0 Å². The molecule has 0 aromatic heterocycles. The minimum atomic E-state index is -4.20. The van der Waals surface area contributed by atoms with Crippen LogP contribution < -0.4 is 14.9 Å². The van der Waals surface area contributed by atoms with E-state index in [0.29, 0.717) is 10.8 Å². The molecule has 0 aliphatic heterocycles. The van der Waals surface area contributed by atoms with Crippen LogP contribution >= 0.6 is 0 Å². The van der Waals surface area contributed by atoms with E-state index in [9.17, 15) is 21.6 Å². The molecule has 1 unspecified atom stereocenters. The van der Waals surface area contributed by atoms with Crippen molar-refractivity contribution in [1.29, 1.82) is 0 Å². The zero-order chi connectivity index (χ0) is 25.1. The van der Waals surface area contributed by atoms with Crippen molar-refractivity contribution in [3.63, 3.8) is 0 Å². The molecule has 0 fully saturated rings. The minimum Gasteiger partial charge on any atom is -0.289 e. The van der Waals surface area contributed by atoms with Crippen molar-refractivity contribution in [2.24, 2.45) is 0 Å². The summed E-state index contributed by atoms with van der Waals surface area (Å²) in [6.07, 6.45) is 0. The quantitative estimate of drug-likeness (QED) is 0.273. The summed E-state index contributed by atoms with van der Waals surface area (Å²) in [7, 11) is -8.31. The summed E-state index contributed by atoms with van der Waals surface area (Å²) < 4.78 is 56.0. The van der Waals surface area contributed by atoms with E-state index in [1.54, 1.807) is 48.5 Å². The number of amides is 1. The normalized spacial score (nSPS) is 13.5. The summed E-state index contributed by atoms with van der Waals surface area (Å²) >= 11 is 0. The molecule has 3 aromatic rings. The number of carbonyl (C=O) groups is 1. The molecule has 182 valence electrons. The lowest BCUT2D eigenvalue weighted by atomic mass is 9.87. The highest BCUT2D eigenvalue weighted by Gasteiger charge is 2.28. The van der Waals surface area contributed by atoms with Crippen molar-refractivity contribution in [2.45, 2.75) is 42.0 Å². The van der Waals surface area contributed by atoms with Crippen LogP contribution in [0.2, 0.25) is 0 Å². The fourth-order valence-corrected chi connectivity index (χ4v) is 5.83. The second-order valence-corrected chi connectivity index (χ2v) is 12.2. The summed E-state index contributed by atoms with van der Waals surface area (Å²) in [5, 5.41) is 10.3. The maximum atomic E-state index is 12.9. The molecule has 0 heterocycles. The van der Waals surface area contributed by atoms with Crippen molar-refractivity contribution in [3.8, 4) is 0 Å². The van der Waals surface area contributed by atoms with Gasteiger partial charge in [-0.1, -0.05) is 69.3 Å². The molecular formula is C23H27N3O6S2. The van der Waals surface area contributed by atoms with E-state index in [1.165, 1.54) is 23.7 Å². The van der Waals surface area contributed by atoms with Gasteiger partial charge < -0.3 is 0 Å². The zero-order valence-electron chi connectivity index (χ0n) is 18.9. The number of nitrogens with one attached hydrogen (secondary N) is 3. The van der Waals surface area contributed by atoms with E-state index < -0.39 is 38.5 Å². The number of hydrogen-bond acceptors (Lipinski definition) is 6. The van der Waals surface area contributed by atoms with E-state index in [4.69, 9.17) is 5.21 Å². The second kappa shape index (κ2) is 9.80. The summed E-state index contributed by atoms with van der Waals surface area (Å²) in [4.78, 5) is 12.0. The Balaban J connectivity index is 1.83. The first-order chi connectivity index (χ1) is 15.8. The summed E-state index contributed by atoms with van der Waals surface area (Å²) in [6, 6.07) is 16.1. The zero-order valence-corrected chi connectivity index (χ0v) is 20.6. The Labute approximate surface area is 199 Å². The van der Waals surface area contributed by atoms with E-state index in [0.717, 1.165) is 5.56 Å². The fraction of sp³-hybridized carbons (Fsp3) is 0.261. The van der Waals surface area contributed by atoms with Crippen molar-refractivity contribution < 1.29 is 26.8 Å². The Kier molecular flexibility index (Phi) is 7.44. The van der Waals surface area contributed by atoms with Gasteiger partial charge in [-0.25, -0.2) is 27.0 Å². The average Bonchev–Trinajstić information content (AvgIpc) is 2.80. The van der Waals surface area contributed by atoms with E-state index in [1.807, 2.05) is 20.8 Å². The molecule has 11 heteroatoms. The second-order valence-electron chi connectivity index (χ2n) is 8.75. The molecule has 0 saturated heterocycles. The molecule has 3 rings (SSSR count). The van der Waals surface area contributed by atoms with Gasteiger partial charge in [-0.05, 0) is 34.6 Å². The van der Waals surface area contributed by atoms with Crippen molar-refractivity contribution in [3.05, 3.63) is 72.3 Å². The fourth-order valence-electron chi connectivity index (χ4n) is 3.36. The molecule has 0 saturated carbocycles. The molecule has 0 radical (unpaired) electrons. The third-order valence-corrected chi connectivity index (χ3v) is 8.24. The van der Waals surface area contributed by atoms with Gasteiger partial charge in [0.1, 0.15) is 6.04 Å². The molecule has 1 amide bonds. The molecular weight excluding hydrogens is 478 g/mol. The van der Waals surface area contributed by atoms with E-state index in [2.05, 4.69) is 9.44 Å². The van der Waals surface area contributed by atoms with Crippen LogP contribution in [0.15, 0.2) is 76.5 Å². The van der Waals surface area contributed by atoms with Gasteiger partial charge in [-0.15, -0.1) is 0 Å². The number of fused-ring (bicyclic) bond motifs is 1. The van der Waals surface area contributed by atoms with Gasteiger partial charge >= 0.3 is 0 Å². The molecule has 0 bridgehead atoms. The first kappa shape index (κ1) is 25.8. The number of hydroxylamine groups is 1. The molecule has 0 spiro atoms. The Hall–Kier alpha value is -2.83. The summed E-state index contributed by atoms with van der Waals surface area (Å²) in [6.45, 7) is 5.33. The van der Waals surface area contributed by atoms with Crippen molar-refractivity contribution in [1.82, 2.24) is 14.9 Å².